The van der Waals surface area contributed by atoms with Crippen LogP contribution in [0, 0.1) is 5.92 Å². The van der Waals surface area contributed by atoms with E-state index in [4.69, 9.17) is 18.7 Å². The van der Waals surface area contributed by atoms with Crippen molar-refractivity contribution < 1.29 is 36.7 Å². The SMILES string of the molecule is CCOC(=O)c1cc(-c2ccc(OC)c(S(=O)(=O)N3CCC(C(=O)OCC)CC3)c2)on1. The molecule has 2 heterocycles. The fourth-order valence-electron chi connectivity index (χ4n) is 3.48. The first kappa shape index (κ1) is 23.7. The summed E-state index contributed by atoms with van der Waals surface area (Å²) in [6.45, 7) is 4.28. The van der Waals surface area contributed by atoms with E-state index in [-0.39, 0.29) is 53.7 Å². The molecule has 1 aliphatic rings. The molecule has 11 heteroatoms. The average Bonchev–Trinajstić information content (AvgIpc) is 3.29. The number of hydrogen-bond acceptors (Lipinski definition) is 9. The first-order valence-electron chi connectivity index (χ1n) is 10.3. The number of rotatable bonds is 8. The number of aromatic nitrogens is 1. The smallest absolute Gasteiger partial charge is 0.360 e. The molecule has 1 saturated heterocycles. The molecular weight excluding hydrogens is 440 g/mol. The highest BCUT2D eigenvalue weighted by Gasteiger charge is 2.34. The maximum absolute atomic E-state index is 13.4. The Labute approximate surface area is 186 Å². The summed E-state index contributed by atoms with van der Waals surface area (Å²) in [6, 6.07) is 5.93. The van der Waals surface area contributed by atoms with Gasteiger partial charge in [-0.25, -0.2) is 13.2 Å². The topological polar surface area (TPSA) is 125 Å². The van der Waals surface area contributed by atoms with Crippen molar-refractivity contribution in [3.8, 4) is 17.1 Å². The Balaban J connectivity index is 1.85. The van der Waals surface area contributed by atoms with Crippen LogP contribution in [0.1, 0.15) is 37.2 Å². The number of nitrogens with zero attached hydrogens (tertiary/aromatic N) is 2. The predicted octanol–water partition coefficient (Wildman–Crippen LogP) is 2.49. The molecule has 0 saturated carbocycles. The summed E-state index contributed by atoms with van der Waals surface area (Å²) in [6.07, 6.45) is 0.760. The molecule has 10 nitrogen and oxygen atoms in total. The monoisotopic (exact) mass is 466 g/mol. The lowest BCUT2D eigenvalue weighted by molar-refractivity contribution is -0.149. The molecule has 174 valence electrons. The zero-order valence-electron chi connectivity index (χ0n) is 18.2. The van der Waals surface area contributed by atoms with Crippen LogP contribution in [-0.2, 0) is 24.3 Å². The minimum Gasteiger partial charge on any atom is -0.495 e. The van der Waals surface area contributed by atoms with Crippen molar-refractivity contribution in [3.63, 3.8) is 0 Å². The summed E-state index contributed by atoms with van der Waals surface area (Å²) in [7, 11) is -2.53. The van der Waals surface area contributed by atoms with Gasteiger partial charge in [-0.3, -0.25) is 4.79 Å². The van der Waals surface area contributed by atoms with Gasteiger partial charge in [0.25, 0.3) is 0 Å². The minimum atomic E-state index is -3.91. The van der Waals surface area contributed by atoms with Gasteiger partial charge in [0.1, 0.15) is 10.6 Å². The predicted molar refractivity (Wildman–Crippen MR) is 113 cm³/mol. The molecule has 2 aromatic rings. The van der Waals surface area contributed by atoms with Gasteiger partial charge in [-0.05, 0) is 44.9 Å². The van der Waals surface area contributed by atoms with Crippen LogP contribution >= 0.6 is 0 Å². The number of sulfonamides is 1. The zero-order valence-corrected chi connectivity index (χ0v) is 19.0. The lowest BCUT2D eigenvalue weighted by Gasteiger charge is -2.30. The zero-order chi connectivity index (χ0) is 23.3. The Morgan fingerprint density at radius 2 is 1.81 bits per heavy atom. The number of piperidine rings is 1. The van der Waals surface area contributed by atoms with E-state index in [0.717, 1.165) is 0 Å². The van der Waals surface area contributed by atoms with E-state index in [1.54, 1.807) is 19.9 Å². The van der Waals surface area contributed by atoms with E-state index in [0.29, 0.717) is 25.0 Å². The van der Waals surface area contributed by atoms with Crippen molar-refractivity contribution in [2.24, 2.45) is 5.92 Å². The van der Waals surface area contributed by atoms with E-state index in [2.05, 4.69) is 5.16 Å². The summed E-state index contributed by atoms with van der Waals surface area (Å²) < 4.78 is 48.5. The number of benzene rings is 1. The molecule has 0 atom stereocenters. The van der Waals surface area contributed by atoms with Crippen LogP contribution in [0.3, 0.4) is 0 Å². The maximum Gasteiger partial charge on any atom is 0.360 e. The number of carbonyl (C=O) groups is 2. The summed E-state index contributed by atoms with van der Waals surface area (Å²) in [5.74, 6) is -0.857. The van der Waals surface area contributed by atoms with Crippen molar-refractivity contribution in [1.82, 2.24) is 9.46 Å². The van der Waals surface area contributed by atoms with Crippen molar-refractivity contribution in [2.45, 2.75) is 31.6 Å². The first-order valence-corrected chi connectivity index (χ1v) is 11.7. The third-order valence-corrected chi connectivity index (χ3v) is 7.05. The van der Waals surface area contributed by atoms with Gasteiger partial charge in [-0.2, -0.15) is 4.31 Å². The summed E-state index contributed by atoms with van der Waals surface area (Å²) >= 11 is 0. The highest BCUT2D eigenvalue weighted by Crippen LogP contribution is 2.34. The van der Waals surface area contributed by atoms with E-state index < -0.39 is 16.0 Å². The van der Waals surface area contributed by atoms with Gasteiger partial charge in [0.15, 0.2) is 11.5 Å². The van der Waals surface area contributed by atoms with E-state index in [9.17, 15) is 18.0 Å². The third kappa shape index (κ3) is 4.94. The Morgan fingerprint density at radius 1 is 1.12 bits per heavy atom. The lowest BCUT2D eigenvalue weighted by Crippen LogP contribution is -2.40. The van der Waals surface area contributed by atoms with Gasteiger partial charge in [0.05, 0.1) is 26.2 Å². The molecule has 0 radical (unpaired) electrons. The molecule has 32 heavy (non-hydrogen) atoms. The normalized spacial score (nSPS) is 15.3. The van der Waals surface area contributed by atoms with Crippen molar-refractivity contribution >= 4 is 22.0 Å². The van der Waals surface area contributed by atoms with Crippen LogP contribution in [0.2, 0.25) is 0 Å². The molecular formula is C21H26N2O8S. The summed E-state index contributed by atoms with van der Waals surface area (Å²) in [5.41, 5.74) is 0.400. The van der Waals surface area contributed by atoms with Gasteiger partial charge in [0.2, 0.25) is 10.0 Å². The fraction of sp³-hybridized carbons (Fsp3) is 0.476. The molecule has 1 fully saturated rings. The van der Waals surface area contributed by atoms with E-state index in [1.807, 2.05) is 0 Å². The molecule has 1 aromatic heterocycles. The van der Waals surface area contributed by atoms with Crippen molar-refractivity contribution in [3.05, 3.63) is 30.0 Å². The van der Waals surface area contributed by atoms with Crippen LogP contribution in [-0.4, -0.2) is 63.2 Å². The van der Waals surface area contributed by atoms with Gasteiger partial charge >= 0.3 is 11.9 Å². The van der Waals surface area contributed by atoms with Gasteiger partial charge in [0, 0.05) is 24.7 Å². The molecule has 0 spiro atoms. The number of hydrogen-bond donors (Lipinski definition) is 0. The second-order valence-corrected chi connectivity index (χ2v) is 9.00. The van der Waals surface area contributed by atoms with Crippen LogP contribution in [0.15, 0.2) is 33.7 Å². The largest absolute Gasteiger partial charge is 0.495 e. The molecule has 3 rings (SSSR count). The van der Waals surface area contributed by atoms with Crippen molar-refractivity contribution in [1.29, 1.82) is 0 Å². The molecule has 0 unspecified atom stereocenters. The summed E-state index contributed by atoms with van der Waals surface area (Å²) in [4.78, 5) is 23.8. The Bertz CT molecular complexity index is 1070. The van der Waals surface area contributed by atoms with Gasteiger partial charge < -0.3 is 18.7 Å². The van der Waals surface area contributed by atoms with E-state index in [1.165, 1.54) is 29.6 Å². The highest BCUT2D eigenvalue weighted by atomic mass is 32.2. The number of methoxy groups -OCH3 is 1. The molecule has 0 aliphatic carbocycles. The second-order valence-electron chi connectivity index (χ2n) is 7.09. The molecule has 1 aliphatic heterocycles. The van der Waals surface area contributed by atoms with Crippen molar-refractivity contribution in [2.75, 3.05) is 33.4 Å². The van der Waals surface area contributed by atoms with Crippen LogP contribution in [0.4, 0.5) is 0 Å². The lowest BCUT2D eigenvalue weighted by atomic mass is 9.98. The highest BCUT2D eigenvalue weighted by molar-refractivity contribution is 7.89. The Hall–Kier alpha value is -2.92. The fourth-order valence-corrected chi connectivity index (χ4v) is 5.13. The molecule has 1 aromatic carbocycles. The van der Waals surface area contributed by atoms with Crippen LogP contribution in [0.25, 0.3) is 11.3 Å². The van der Waals surface area contributed by atoms with Crippen LogP contribution in [0.5, 0.6) is 5.75 Å². The standard InChI is InChI=1S/C21H26N2O8S/c1-4-29-20(24)14-8-10-23(11-9-14)32(26,27)19-12-15(6-7-17(19)28-3)18-13-16(22-31-18)21(25)30-5-2/h6-7,12-14H,4-5,8-11H2,1-3H3. The molecule has 0 N–H and O–H groups in total. The maximum atomic E-state index is 13.4. The minimum absolute atomic E-state index is 0.0110. The molecule has 0 amide bonds. The first-order chi connectivity index (χ1) is 15.3. The van der Waals surface area contributed by atoms with E-state index >= 15 is 0 Å². The quantitative estimate of drug-likeness (QED) is 0.539. The molecule has 0 bridgehead atoms. The third-order valence-electron chi connectivity index (χ3n) is 5.13. The summed E-state index contributed by atoms with van der Waals surface area (Å²) in [5, 5.41) is 3.69. The average molecular weight is 467 g/mol. The number of carbonyl (C=O) groups excluding carboxylic acids is 2. The second kappa shape index (κ2) is 10.1. The number of ether oxygens (including phenoxy) is 3. The van der Waals surface area contributed by atoms with Gasteiger partial charge in [-0.1, -0.05) is 5.16 Å². The van der Waals surface area contributed by atoms with Crippen LogP contribution < -0.4 is 4.74 Å². The van der Waals surface area contributed by atoms with Gasteiger partial charge in [-0.15, -0.1) is 0 Å². The Morgan fingerprint density at radius 3 is 2.44 bits per heavy atom. The number of esters is 2. The Kier molecular flexibility index (Phi) is 7.52.